The molecule has 0 aliphatic carbocycles. The van der Waals surface area contributed by atoms with Crippen LogP contribution in [0.5, 0.6) is 0 Å². The summed E-state index contributed by atoms with van der Waals surface area (Å²) in [4.78, 5) is 21.0. The second-order valence-electron chi connectivity index (χ2n) is 8.72. The molecule has 1 aromatic heterocycles. The normalized spacial score (nSPS) is 15.9. The van der Waals surface area contributed by atoms with Gasteiger partial charge in [0.1, 0.15) is 17.8 Å². The van der Waals surface area contributed by atoms with Crippen molar-refractivity contribution in [1.82, 2.24) is 29.9 Å². The van der Waals surface area contributed by atoms with Gasteiger partial charge >= 0.3 is 6.09 Å². The fraction of sp³-hybridized carbons (Fsp3) is 0.810. The molecular formula is C21H39N7O2. The van der Waals surface area contributed by atoms with E-state index in [1.54, 1.807) is 6.33 Å². The van der Waals surface area contributed by atoms with E-state index in [9.17, 15) is 4.79 Å². The molecule has 0 unspecified atom stereocenters. The first-order valence-electron chi connectivity index (χ1n) is 11.1. The highest BCUT2D eigenvalue weighted by Gasteiger charge is 2.27. The SMILES string of the molecule is CCc1nncn1CCNC(=NC)N1CCC(CN(CC)C(=O)OC(C)(C)C)CC1. The number of likely N-dealkylation sites (tertiary alicyclic amines) is 1. The molecule has 0 atom stereocenters. The molecule has 170 valence electrons. The van der Waals surface area contributed by atoms with Gasteiger partial charge in [-0.25, -0.2) is 4.79 Å². The monoisotopic (exact) mass is 421 g/mol. The summed E-state index contributed by atoms with van der Waals surface area (Å²) in [6, 6.07) is 0. The summed E-state index contributed by atoms with van der Waals surface area (Å²) >= 11 is 0. The molecule has 1 amide bonds. The molecule has 0 bridgehead atoms. The molecule has 0 aromatic carbocycles. The molecule has 9 nitrogen and oxygen atoms in total. The number of rotatable bonds is 7. The van der Waals surface area contributed by atoms with E-state index >= 15 is 0 Å². The van der Waals surface area contributed by atoms with E-state index in [1.165, 1.54) is 0 Å². The Hall–Kier alpha value is -2.32. The lowest BCUT2D eigenvalue weighted by atomic mass is 9.96. The van der Waals surface area contributed by atoms with Crippen molar-refractivity contribution in [2.24, 2.45) is 10.9 Å². The van der Waals surface area contributed by atoms with Gasteiger partial charge in [-0.3, -0.25) is 4.99 Å². The minimum Gasteiger partial charge on any atom is -0.444 e. The van der Waals surface area contributed by atoms with Crippen molar-refractivity contribution in [2.45, 2.75) is 66.0 Å². The Labute approximate surface area is 180 Å². The number of piperidine rings is 1. The zero-order chi connectivity index (χ0) is 22.1. The molecule has 2 rings (SSSR count). The van der Waals surface area contributed by atoms with Crippen LogP contribution in [0, 0.1) is 5.92 Å². The van der Waals surface area contributed by atoms with Crippen LogP contribution in [-0.2, 0) is 17.7 Å². The van der Waals surface area contributed by atoms with E-state index in [0.29, 0.717) is 12.5 Å². The average molecular weight is 422 g/mol. The first kappa shape index (κ1) is 24.0. The number of guanidine groups is 1. The first-order valence-corrected chi connectivity index (χ1v) is 11.1. The van der Waals surface area contributed by atoms with Crippen LogP contribution in [0.4, 0.5) is 4.79 Å². The number of amides is 1. The lowest BCUT2D eigenvalue weighted by Crippen LogP contribution is -2.48. The van der Waals surface area contributed by atoms with Crippen molar-refractivity contribution in [3.63, 3.8) is 0 Å². The van der Waals surface area contributed by atoms with Gasteiger partial charge in [0.05, 0.1) is 0 Å². The second kappa shape index (κ2) is 11.2. The Bertz CT molecular complexity index is 688. The number of aryl methyl sites for hydroxylation is 1. The van der Waals surface area contributed by atoms with Gasteiger partial charge in [0, 0.05) is 52.7 Å². The van der Waals surface area contributed by atoms with Crippen molar-refractivity contribution in [2.75, 3.05) is 39.8 Å². The fourth-order valence-electron chi connectivity index (χ4n) is 3.66. The highest BCUT2D eigenvalue weighted by Crippen LogP contribution is 2.20. The van der Waals surface area contributed by atoms with Crippen molar-refractivity contribution in [3.05, 3.63) is 12.2 Å². The summed E-state index contributed by atoms with van der Waals surface area (Å²) < 4.78 is 7.61. The first-order chi connectivity index (χ1) is 14.3. The van der Waals surface area contributed by atoms with Crippen LogP contribution < -0.4 is 5.32 Å². The van der Waals surface area contributed by atoms with Crippen LogP contribution in [0.2, 0.25) is 0 Å². The Morgan fingerprint density at radius 2 is 2.03 bits per heavy atom. The Balaban J connectivity index is 1.78. The van der Waals surface area contributed by atoms with Crippen LogP contribution in [0.15, 0.2) is 11.3 Å². The van der Waals surface area contributed by atoms with E-state index in [1.807, 2.05) is 39.6 Å². The van der Waals surface area contributed by atoms with Crippen molar-refractivity contribution < 1.29 is 9.53 Å². The number of ether oxygens (including phenoxy) is 1. The van der Waals surface area contributed by atoms with E-state index in [0.717, 1.165) is 63.8 Å². The third-order valence-corrected chi connectivity index (χ3v) is 5.29. The van der Waals surface area contributed by atoms with Crippen LogP contribution in [0.3, 0.4) is 0 Å². The Morgan fingerprint density at radius 1 is 1.33 bits per heavy atom. The third-order valence-electron chi connectivity index (χ3n) is 5.29. The predicted octanol–water partition coefficient (Wildman–Crippen LogP) is 2.38. The van der Waals surface area contributed by atoms with E-state index in [4.69, 9.17) is 4.74 Å². The summed E-state index contributed by atoms with van der Waals surface area (Å²) in [6.45, 7) is 14.7. The van der Waals surface area contributed by atoms with Crippen molar-refractivity contribution in [1.29, 1.82) is 0 Å². The van der Waals surface area contributed by atoms with Gasteiger partial charge in [-0.05, 0) is 46.5 Å². The van der Waals surface area contributed by atoms with Crippen LogP contribution in [0.25, 0.3) is 0 Å². The number of hydrogen-bond acceptors (Lipinski definition) is 5. The zero-order valence-electron chi connectivity index (χ0n) is 19.5. The van der Waals surface area contributed by atoms with E-state index in [-0.39, 0.29) is 6.09 Å². The topological polar surface area (TPSA) is 87.9 Å². The summed E-state index contributed by atoms with van der Waals surface area (Å²) in [5.41, 5.74) is -0.462. The maximum atomic E-state index is 12.4. The predicted molar refractivity (Wildman–Crippen MR) is 119 cm³/mol. The number of nitrogens with one attached hydrogen (secondary N) is 1. The smallest absolute Gasteiger partial charge is 0.410 e. The molecule has 0 saturated carbocycles. The molecule has 1 saturated heterocycles. The number of carbonyl (C=O) groups is 1. The lowest BCUT2D eigenvalue weighted by Gasteiger charge is -2.36. The van der Waals surface area contributed by atoms with Gasteiger partial charge in [0.15, 0.2) is 5.96 Å². The number of hydrogen-bond donors (Lipinski definition) is 1. The quantitative estimate of drug-likeness (QED) is 0.537. The molecule has 9 heteroatoms. The zero-order valence-corrected chi connectivity index (χ0v) is 19.5. The number of nitrogens with zero attached hydrogens (tertiary/aromatic N) is 6. The molecule has 1 fully saturated rings. The van der Waals surface area contributed by atoms with Crippen LogP contribution in [0.1, 0.15) is 53.3 Å². The average Bonchev–Trinajstić information content (AvgIpc) is 3.16. The molecule has 30 heavy (non-hydrogen) atoms. The highest BCUT2D eigenvalue weighted by molar-refractivity contribution is 5.79. The summed E-state index contributed by atoms with van der Waals surface area (Å²) in [7, 11) is 1.83. The summed E-state index contributed by atoms with van der Waals surface area (Å²) in [5.74, 6) is 2.41. The molecule has 1 N–H and O–H groups in total. The van der Waals surface area contributed by atoms with Gasteiger partial charge in [-0.2, -0.15) is 0 Å². The minimum atomic E-state index is -0.462. The van der Waals surface area contributed by atoms with Crippen LogP contribution >= 0.6 is 0 Å². The van der Waals surface area contributed by atoms with Gasteiger partial charge in [-0.1, -0.05) is 6.92 Å². The summed E-state index contributed by atoms with van der Waals surface area (Å²) in [6.07, 6.45) is 4.50. The highest BCUT2D eigenvalue weighted by atomic mass is 16.6. The molecule has 1 aromatic rings. The van der Waals surface area contributed by atoms with Gasteiger partial charge in [0.2, 0.25) is 0 Å². The number of aliphatic imine (C=N–C) groups is 1. The molecule has 2 heterocycles. The maximum Gasteiger partial charge on any atom is 0.410 e. The van der Waals surface area contributed by atoms with Gasteiger partial charge in [0.25, 0.3) is 0 Å². The number of aromatic nitrogens is 3. The molecule has 0 radical (unpaired) electrons. The van der Waals surface area contributed by atoms with Crippen LogP contribution in [-0.4, -0.2) is 82.0 Å². The minimum absolute atomic E-state index is 0.217. The third kappa shape index (κ3) is 7.18. The lowest BCUT2D eigenvalue weighted by molar-refractivity contribution is 0.0214. The Kier molecular flexibility index (Phi) is 8.92. The maximum absolute atomic E-state index is 12.4. The molecule has 1 aliphatic heterocycles. The summed E-state index contributed by atoms with van der Waals surface area (Å²) in [5, 5.41) is 11.6. The second-order valence-corrected chi connectivity index (χ2v) is 8.72. The Morgan fingerprint density at radius 3 is 2.60 bits per heavy atom. The molecular weight excluding hydrogens is 382 g/mol. The van der Waals surface area contributed by atoms with Crippen molar-refractivity contribution >= 4 is 12.1 Å². The van der Waals surface area contributed by atoms with E-state index in [2.05, 4.69) is 36.9 Å². The standard InChI is InChI=1S/C21H39N7O2/c1-7-18-25-24-16-28(18)14-11-23-19(22-6)27-12-9-17(10-13-27)15-26(8-2)20(29)30-21(3,4)5/h16-17H,7-15H2,1-6H3,(H,22,23). The fourth-order valence-corrected chi connectivity index (χ4v) is 3.66. The molecule has 1 aliphatic rings. The molecule has 0 spiro atoms. The van der Waals surface area contributed by atoms with E-state index < -0.39 is 5.60 Å². The van der Waals surface area contributed by atoms with Gasteiger partial charge in [-0.15, -0.1) is 10.2 Å². The number of carbonyl (C=O) groups excluding carboxylic acids is 1. The van der Waals surface area contributed by atoms with Gasteiger partial charge < -0.3 is 24.4 Å². The largest absolute Gasteiger partial charge is 0.444 e. The van der Waals surface area contributed by atoms with Crippen molar-refractivity contribution in [3.8, 4) is 0 Å².